The lowest BCUT2D eigenvalue weighted by Crippen LogP contribution is -2.30. The quantitative estimate of drug-likeness (QED) is 0.625. The monoisotopic (exact) mass is 423 g/mol. The zero-order valence-electron chi connectivity index (χ0n) is 17.6. The van der Waals surface area contributed by atoms with Crippen LogP contribution in [0.4, 0.5) is 5.69 Å². The number of anilines is 1. The van der Waals surface area contributed by atoms with Crippen LogP contribution in [0.1, 0.15) is 11.8 Å². The summed E-state index contributed by atoms with van der Waals surface area (Å²) < 4.78 is 40.3. The van der Waals surface area contributed by atoms with Gasteiger partial charge in [0.25, 0.3) is 0 Å². The van der Waals surface area contributed by atoms with Crippen molar-refractivity contribution < 1.29 is 33.2 Å². The Bertz CT molecular complexity index is 1240. The number of benzene rings is 3. The highest BCUT2D eigenvalue weighted by Crippen LogP contribution is 2.58. The van der Waals surface area contributed by atoms with E-state index in [0.29, 0.717) is 28.7 Å². The van der Waals surface area contributed by atoms with E-state index in [1.807, 2.05) is 31.3 Å². The molecule has 8 heteroatoms. The van der Waals surface area contributed by atoms with Gasteiger partial charge in [-0.15, -0.1) is 0 Å². The van der Waals surface area contributed by atoms with Gasteiger partial charge in [0.15, 0.2) is 29.2 Å². The summed E-state index contributed by atoms with van der Waals surface area (Å²) in [6, 6.07) is 7.83. The first-order valence-electron chi connectivity index (χ1n) is 9.87. The van der Waals surface area contributed by atoms with Crippen LogP contribution in [0.3, 0.4) is 0 Å². The number of hydrogen-bond acceptors (Lipinski definition) is 8. The Morgan fingerprint density at radius 2 is 1.48 bits per heavy atom. The maximum atomic E-state index is 5.96. The lowest BCUT2D eigenvalue weighted by atomic mass is 9.87. The molecule has 0 saturated carbocycles. The Morgan fingerprint density at radius 1 is 0.806 bits per heavy atom. The molecule has 0 amide bonds. The second kappa shape index (κ2) is 6.49. The summed E-state index contributed by atoms with van der Waals surface area (Å²) in [5, 5.41) is 1.89. The van der Waals surface area contributed by atoms with Gasteiger partial charge < -0.3 is 38.1 Å². The number of methoxy groups -OCH3 is 3. The first kappa shape index (κ1) is 18.3. The van der Waals surface area contributed by atoms with Crippen LogP contribution >= 0.6 is 0 Å². The zero-order chi connectivity index (χ0) is 21.3. The molecule has 0 aliphatic carbocycles. The molecular formula is C23H21NO7. The van der Waals surface area contributed by atoms with Gasteiger partial charge in [-0.25, -0.2) is 0 Å². The summed E-state index contributed by atoms with van der Waals surface area (Å²) in [6.45, 7) is 0.360. The van der Waals surface area contributed by atoms with Gasteiger partial charge in [-0.05, 0) is 18.2 Å². The minimum absolute atomic E-state index is 0.159. The molecule has 8 nitrogen and oxygen atoms in total. The van der Waals surface area contributed by atoms with E-state index in [1.165, 1.54) is 0 Å². The predicted molar refractivity (Wildman–Crippen MR) is 113 cm³/mol. The van der Waals surface area contributed by atoms with Gasteiger partial charge in [0.2, 0.25) is 13.6 Å². The van der Waals surface area contributed by atoms with Gasteiger partial charge in [-0.3, -0.25) is 0 Å². The second-order valence-corrected chi connectivity index (χ2v) is 7.53. The van der Waals surface area contributed by atoms with Gasteiger partial charge in [0.05, 0.1) is 25.5 Å². The topological polar surface area (TPSA) is 67.9 Å². The average molecular weight is 423 g/mol. The molecule has 3 aliphatic rings. The van der Waals surface area contributed by atoms with E-state index in [-0.39, 0.29) is 13.6 Å². The van der Waals surface area contributed by atoms with Crippen LogP contribution in [-0.2, 0) is 4.74 Å². The third kappa shape index (κ3) is 2.33. The van der Waals surface area contributed by atoms with Crippen molar-refractivity contribution in [2.45, 2.75) is 6.23 Å². The molecule has 31 heavy (non-hydrogen) atoms. The Balaban J connectivity index is 1.76. The van der Waals surface area contributed by atoms with Crippen molar-refractivity contribution in [1.82, 2.24) is 0 Å². The SMILES string of the molecule is COc1cc2c(c3c1-c1cc(OC)c4cc5c(cc4c1N(C)C3OC)OCO5)OCO2. The molecule has 3 aromatic carbocycles. The van der Waals surface area contributed by atoms with Crippen LogP contribution in [0.2, 0.25) is 0 Å². The van der Waals surface area contributed by atoms with Crippen LogP contribution in [0.15, 0.2) is 24.3 Å². The van der Waals surface area contributed by atoms with Gasteiger partial charge in [-0.2, -0.15) is 0 Å². The minimum atomic E-state index is -0.407. The van der Waals surface area contributed by atoms with E-state index < -0.39 is 6.23 Å². The third-order valence-corrected chi connectivity index (χ3v) is 6.11. The maximum Gasteiger partial charge on any atom is 0.231 e. The highest BCUT2D eigenvalue weighted by molar-refractivity contribution is 6.09. The van der Waals surface area contributed by atoms with Gasteiger partial charge >= 0.3 is 0 Å². The molecule has 6 rings (SSSR count). The van der Waals surface area contributed by atoms with Crippen molar-refractivity contribution in [2.24, 2.45) is 0 Å². The van der Waals surface area contributed by atoms with E-state index in [0.717, 1.165) is 38.9 Å². The fourth-order valence-electron chi connectivity index (χ4n) is 4.81. The van der Waals surface area contributed by atoms with E-state index in [4.69, 9.17) is 33.2 Å². The summed E-state index contributed by atoms with van der Waals surface area (Å²) in [5.41, 5.74) is 3.69. The fraction of sp³-hybridized carbons (Fsp3) is 0.304. The van der Waals surface area contributed by atoms with Crippen molar-refractivity contribution >= 4 is 16.5 Å². The van der Waals surface area contributed by atoms with Gasteiger partial charge in [-0.1, -0.05) is 0 Å². The number of hydrogen-bond donors (Lipinski definition) is 0. The lowest BCUT2D eigenvalue weighted by Gasteiger charge is -2.38. The molecule has 1 unspecified atom stereocenters. The molecule has 0 saturated heterocycles. The third-order valence-electron chi connectivity index (χ3n) is 6.11. The van der Waals surface area contributed by atoms with Gasteiger partial charge in [0.1, 0.15) is 11.5 Å². The van der Waals surface area contributed by atoms with Crippen molar-refractivity contribution in [3.05, 3.63) is 29.8 Å². The van der Waals surface area contributed by atoms with Crippen LogP contribution in [0.25, 0.3) is 21.9 Å². The first-order chi connectivity index (χ1) is 15.2. The first-order valence-corrected chi connectivity index (χ1v) is 9.87. The Hall–Kier alpha value is -3.52. The van der Waals surface area contributed by atoms with Crippen LogP contribution in [0.5, 0.6) is 34.5 Å². The molecule has 0 radical (unpaired) electrons. The van der Waals surface area contributed by atoms with E-state index in [1.54, 1.807) is 21.3 Å². The van der Waals surface area contributed by atoms with Crippen molar-refractivity contribution in [3.8, 4) is 45.6 Å². The lowest BCUT2D eigenvalue weighted by molar-refractivity contribution is 0.0991. The maximum absolute atomic E-state index is 5.96. The molecule has 3 heterocycles. The number of nitrogens with zero attached hydrogens (tertiary/aromatic N) is 1. The Labute approximate surface area is 178 Å². The summed E-state index contributed by atoms with van der Waals surface area (Å²) in [4.78, 5) is 2.09. The van der Waals surface area contributed by atoms with Crippen molar-refractivity contribution in [3.63, 3.8) is 0 Å². The highest BCUT2D eigenvalue weighted by atomic mass is 16.7. The van der Waals surface area contributed by atoms with Crippen molar-refractivity contribution in [1.29, 1.82) is 0 Å². The summed E-state index contributed by atoms with van der Waals surface area (Å²) in [5.74, 6) is 4.12. The minimum Gasteiger partial charge on any atom is -0.496 e. The smallest absolute Gasteiger partial charge is 0.231 e. The van der Waals surface area contributed by atoms with E-state index >= 15 is 0 Å². The summed E-state index contributed by atoms with van der Waals surface area (Å²) in [7, 11) is 6.98. The molecule has 1 atom stereocenters. The van der Waals surface area contributed by atoms with Crippen LogP contribution in [0, 0.1) is 0 Å². The Morgan fingerprint density at radius 3 is 2.19 bits per heavy atom. The van der Waals surface area contributed by atoms with E-state index in [2.05, 4.69) is 4.90 Å². The number of ether oxygens (including phenoxy) is 7. The number of fused-ring (bicyclic) bond motifs is 8. The van der Waals surface area contributed by atoms with Gasteiger partial charge in [0, 0.05) is 42.1 Å². The Kier molecular flexibility index (Phi) is 3.82. The zero-order valence-corrected chi connectivity index (χ0v) is 17.6. The molecule has 0 N–H and O–H groups in total. The molecule has 0 aromatic heterocycles. The normalized spacial score (nSPS) is 17.5. The van der Waals surface area contributed by atoms with Crippen LogP contribution < -0.4 is 33.3 Å². The largest absolute Gasteiger partial charge is 0.496 e. The van der Waals surface area contributed by atoms with Crippen LogP contribution in [-0.4, -0.2) is 42.0 Å². The molecule has 160 valence electrons. The highest BCUT2D eigenvalue weighted by Gasteiger charge is 2.39. The molecule has 0 bridgehead atoms. The molecule has 0 spiro atoms. The number of rotatable bonds is 3. The summed E-state index contributed by atoms with van der Waals surface area (Å²) >= 11 is 0. The average Bonchev–Trinajstić information content (AvgIpc) is 3.45. The standard InChI is InChI=1S/C23H21NO7/c1-24-21-12-6-16-15(28-9-29-16)5-11(12)14(25-2)7-13(21)19-17(26-3)8-18-22(31-10-30-18)20(19)23(24)27-4/h5-8,23H,9-10H2,1-4H3. The molecular weight excluding hydrogens is 402 g/mol. The second-order valence-electron chi connectivity index (χ2n) is 7.53. The molecule has 0 fully saturated rings. The molecule has 3 aromatic rings. The van der Waals surface area contributed by atoms with E-state index in [9.17, 15) is 0 Å². The predicted octanol–water partition coefficient (Wildman–Crippen LogP) is 4.08. The summed E-state index contributed by atoms with van der Waals surface area (Å²) in [6.07, 6.45) is -0.407. The molecule has 3 aliphatic heterocycles. The fourth-order valence-corrected chi connectivity index (χ4v) is 4.81. The van der Waals surface area contributed by atoms with Crippen molar-refractivity contribution in [2.75, 3.05) is 46.9 Å².